The lowest BCUT2D eigenvalue weighted by Crippen LogP contribution is -2.41. The van der Waals surface area contributed by atoms with Gasteiger partial charge in [0, 0.05) is 6.54 Å². The summed E-state index contributed by atoms with van der Waals surface area (Å²) in [5.74, 6) is 0.156. The molecule has 0 bridgehead atoms. The van der Waals surface area contributed by atoms with Gasteiger partial charge in [-0.3, -0.25) is 9.10 Å². The molecule has 0 aromatic heterocycles. The highest BCUT2D eigenvalue weighted by Crippen LogP contribution is 2.28. The molecule has 0 saturated heterocycles. The third-order valence-electron chi connectivity index (χ3n) is 4.78. The molecule has 0 spiro atoms. The molecule has 0 heterocycles. The molecule has 152 valence electrons. The largest absolute Gasteiger partial charge is 0.355 e. The molecule has 0 unspecified atom stereocenters. The van der Waals surface area contributed by atoms with Gasteiger partial charge in [0.2, 0.25) is 5.91 Å². The summed E-state index contributed by atoms with van der Waals surface area (Å²) in [6.07, 6.45) is 0.847. The first-order valence-corrected chi connectivity index (χ1v) is 11.0. The molecule has 0 saturated carbocycles. The number of aryl methyl sites for hydroxylation is 2. The molecular formula is C22H30N2O3S. The minimum Gasteiger partial charge on any atom is -0.355 e. The van der Waals surface area contributed by atoms with Gasteiger partial charge >= 0.3 is 0 Å². The number of carbonyl (C=O) groups excluding carboxylic acids is 1. The van der Waals surface area contributed by atoms with Gasteiger partial charge in [-0.05, 0) is 62.4 Å². The number of rotatable bonds is 8. The molecule has 2 aromatic rings. The fourth-order valence-corrected chi connectivity index (χ4v) is 4.31. The lowest BCUT2D eigenvalue weighted by atomic mass is 10.1. The smallest absolute Gasteiger partial charge is 0.264 e. The number of hydrogen-bond acceptors (Lipinski definition) is 3. The van der Waals surface area contributed by atoms with Crippen LogP contribution in [0, 0.1) is 26.7 Å². The molecule has 2 aromatic carbocycles. The maximum atomic E-state index is 13.4. The highest BCUT2D eigenvalue weighted by Gasteiger charge is 2.28. The summed E-state index contributed by atoms with van der Waals surface area (Å²) < 4.78 is 28.0. The molecule has 0 aliphatic heterocycles. The normalized spacial score (nSPS) is 11.5. The van der Waals surface area contributed by atoms with Gasteiger partial charge in [0.15, 0.2) is 0 Å². The summed E-state index contributed by atoms with van der Waals surface area (Å²) in [6.45, 7) is 10.1. The Labute approximate surface area is 168 Å². The Morgan fingerprint density at radius 2 is 1.68 bits per heavy atom. The Morgan fingerprint density at radius 3 is 2.29 bits per heavy atom. The minimum atomic E-state index is -3.87. The van der Waals surface area contributed by atoms with Crippen molar-refractivity contribution in [3.8, 4) is 0 Å². The summed E-state index contributed by atoms with van der Waals surface area (Å²) >= 11 is 0. The summed E-state index contributed by atoms with van der Waals surface area (Å²) in [7, 11) is -3.87. The molecule has 1 N–H and O–H groups in total. The third-order valence-corrected chi connectivity index (χ3v) is 6.56. The van der Waals surface area contributed by atoms with Crippen molar-refractivity contribution >= 4 is 21.6 Å². The number of nitrogens with one attached hydrogen (secondary N) is 1. The molecule has 6 heteroatoms. The van der Waals surface area contributed by atoms with Gasteiger partial charge in [0.1, 0.15) is 6.54 Å². The van der Waals surface area contributed by atoms with Crippen LogP contribution in [0.15, 0.2) is 47.4 Å². The van der Waals surface area contributed by atoms with Crippen molar-refractivity contribution in [2.45, 2.75) is 45.9 Å². The van der Waals surface area contributed by atoms with Crippen LogP contribution in [0.1, 0.15) is 37.0 Å². The molecule has 0 atom stereocenters. The van der Waals surface area contributed by atoms with E-state index >= 15 is 0 Å². The molecule has 0 fully saturated rings. The number of nitrogens with zero attached hydrogens (tertiary/aromatic N) is 1. The van der Waals surface area contributed by atoms with E-state index in [-0.39, 0.29) is 17.3 Å². The monoisotopic (exact) mass is 402 g/mol. The van der Waals surface area contributed by atoms with E-state index in [2.05, 4.69) is 19.2 Å². The molecular weight excluding hydrogens is 372 g/mol. The molecule has 1 amide bonds. The van der Waals surface area contributed by atoms with Crippen molar-refractivity contribution in [3.63, 3.8) is 0 Å². The van der Waals surface area contributed by atoms with Crippen molar-refractivity contribution in [3.05, 3.63) is 59.2 Å². The van der Waals surface area contributed by atoms with Crippen LogP contribution in [-0.2, 0) is 14.8 Å². The summed E-state index contributed by atoms with van der Waals surface area (Å²) in [4.78, 5) is 12.7. The van der Waals surface area contributed by atoms with Gasteiger partial charge in [-0.1, -0.05) is 43.7 Å². The second-order valence-electron chi connectivity index (χ2n) is 7.58. The lowest BCUT2D eigenvalue weighted by molar-refractivity contribution is -0.119. The van der Waals surface area contributed by atoms with Crippen LogP contribution in [0.3, 0.4) is 0 Å². The topological polar surface area (TPSA) is 66.5 Å². The summed E-state index contributed by atoms with van der Waals surface area (Å²) in [6, 6.07) is 12.2. The highest BCUT2D eigenvalue weighted by atomic mass is 32.2. The van der Waals surface area contributed by atoms with Crippen molar-refractivity contribution in [2.24, 2.45) is 5.92 Å². The van der Waals surface area contributed by atoms with Gasteiger partial charge in [0.05, 0.1) is 10.6 Å². The number of anilines is 1. The summed E-state index contributed by atoms with van der Waals surface area (Å²) in [5, 5.41) is 2.84. The third kappa shape index (κ3) is 5.35. The van der Waals surface area contributed by atoms with Crippen molar-refractivity contribution in [1.82, 2.24) is 5.32 Å². The number of sulfonamides is 1. The number of carbonyl (C=O) groups is 1. The van der Waals surface area contributed by atoms with E-state index in [9.17, 15) is 13.2 Å². The van der Waals surface area contributed by atoms with Gasteiger partial charge < -0.3 is 5.32 Å². The fourth-order valence-electron chi connectivity index (χ4n) is 2.83. The minimum absolute atomic E-state index is 0.175. The first kappa shape index (κ1) is 22.0. The SMILES string of the molecule is Cc1ccc(S(=O)(=O)N(CC(=O)NCCC(C)C)c2cccc(C)c2C)cc1. The Balaban J connectivity index is 2.40. The second kappa shape index (κ2) is 9.24. The maximum Gasteiger partial charge on any atom is 0.264 e. The first-order valence-electron chi connectivity index (χ1n) is 9.55. The van der Waals surface area contributed by atoms with Gasteiger partial charge in [-0.2, -0.15) is 0 Å². The molecule has 0 radical (unpaired) electrons. The van der Waals surface area contributed by atoms with Crippen LogP contribution in [0.4, 0.5) is 5.69 Å². The average molecular weight is 403 g/mol. The van der Waals surface area contributed by atoms with Crippen molar-refractivity contribution < 1.29 is 13.2 Å². The van der Waals surface area contributed by atoms with Crippen molar-refractivity contribution in [2.75, 3.05) is 17.4 Å². The van der Waals surface area contributed by atoms with Gasteiger partial charge in [-0.15, -0.1) is 0 Å². The Kier molecular flexibility index (Phi) is 7.24. The van der Waals surface area contributed by atoms with Crippen molar-refractivity contribution in [1.29, 1.82) is 0 Å². The lowest BCUT2D eigenvalue weighted by Gasteiger charge is -2.26. The van der Waals surface area contributed by atoms with E-state index in [1.54, 1.807) is 30.3 Å². The summed E-state index contributed by atoms with van der Waals surface area (Å²) in [5.41, 5.74) is 3.32. The van der Waals surface area contributed by atoms with Crippen LogP contribution in [0.5, 0.6) is 0 Å². The zero-order valence-corrected chi connectivity index (χ0v) is 18.1. The fraction of sp³-hybridized carbons (Fsp3) is 0.409. The van der Waals surface area contributed by atoms with Crippen LogP contribution in [0.2, 0.25) is 0 Å². The van der Waals surface area contributed by atoms with E-state index in [0.29, 0.717) is 18.2 Å². The molecule has 0 aliphatic carbocycles. The zero-order valence-electron chi connectivity index (χ0n) is 17.3. The first-order chi connectivity index (χ1) is 13.1. The molecule has 0 aliphatic rings. The van der Waals surface area contributed by atoms with E-state index < -0.39 is 10.0 Å². The second-order valence-corrected chi connectivity index (χ2v) is 9.44. The maximum absolute atomic E-state index is 13.4. The Bertz CT molecular complexity index is 919. The standard InChI is InChI=1S/C22H30N2O3S/c1-16(2)13-14-23-22(25)15-24(21-8-6-7-18(4)19(21)5)28(26,27)20-11-9-17(3)10-12-20/h6-12,16H,13-15H2,1-5H3,(H,23,25). The quantitative estimate of drug-likeness (QED) is 0.726. The van der Waals surface area contributed by atoms with E-state index in [1.807, 2.05) is 32.9 Å². The Hall–Kier alpha value is -2.34. The van der Waals surface area contributed by atoms with E-state index in [4.69, 9.17) is 0 Å². The van der Waals surface area contributed by atoms with E-state index in [0.717, 1.165) is 23.1 Å². The number of amides is 1. The predicted octanol–water partition coefficient (Wildman–Crippen LogP) is 3.97. The molecule has 28 heavy (non-hydrogen) atoms. The van der Waals surface area contributed by atoms with E-state index in [1.165, 1.54) is 4.31 Å². The Morgan fingerprint density at radius 1 is 1.04 bits per heavy atom. The number of benzene rings is 2. The van der Waals surface area contributed by atoms with Crippen LogP contribution >= 0.6 is 0 Å². The molecule has 2 rings (SSSR count). The zero-order chi connectivity index (χ0) is 20.9. The predicted molar refractivity (Wildman–Crippen MR) is 114 cm³/mol. The average Bonchev–Trinajstić information content (AvgIpc) is 2.62. The molecule has 5 nitrogen and oxygen atoms in total. The van der Waals surface area contributed by atoms with Gasteiger partial charge in [-0.25, -0.2) is 8.42 Å². The number of hydrogen-bond donors (Lipinski definition) is 1. The van der Waals surface area contributed by atoms with Crippen LogP contribution in [0.25, 0.3) is 0 Å². The van der Waals surface area contributed by atoms with Crippen LogP contribution < -0.4 is 9.62 Å². The van der Waals surface area contributed by atoms with Gasteiger partial charge in [0.25, 0.3) is 10.0 Å². The van der Waals surface area contributed by atoms with Crippen LogP contribution in [-0.4, -0.2) is 27.4 Å². The highest BCUT2D eigenvalue weighted by molar-refractivity contribution is 7.92.